The standard InChI is InChI=1S/C9H10F3IN2O2S/c1-17-4-2-3-5(16)14-8-15-6(7(13)18-8)9(10,11)12/h2-4H2,1H3,(H,14,15,16). The van der Waals surface area contributed by atoms with E-state index in [0.29, 0.717) is 13.0 Å². The molecule has 1 amide bonds. The van der Waals surface area contributed by atoms with Crippen molar-refractivity contribution in [1.29, 1.82) is 0 Å². The molecule has 0 saturated heterocycles. The number of anilines is 1. The first kappa shape index (κ1) is 15.6. The molecule has 0 saturated carbocycles. The van der Waals surface area contributed by atoms with Gasteiger partial charge in [0.1, 0.15) is 0 Å². The van der Waals surface area contributed by atoms with Crippen molar-refractivity contribution >= 4 is 45.0 Å². The lowest BCUT2D eigenvalue weighted by molar-refractivity contribution is -0.141. The first-order valence-corrected chi connectivity index (χ1v) is 6.76. The lowest BCUT2D eigenvalue weighted by atomic mass is 10.3. The van der Waals surface area contributed by atoms with Crippen LogP contribution in [-0.4, -0.2) is 24.6 Å². The number of thiazole rings is 1. The summed E-state index contributed by atoms with van der Waals surface area (Å²) in [5.74, 6) is -0.370. The fraction of sp³-hybridized carbons (Fsp3) is 0.556. The Bertz CT molecular complexity index is 422. The van der Waals surface area contributed by atoms with Crippen LogP contribution in [0.4, 0.5) is 18.3 Å². The summed E-state index contributed by atoms with van der Waals surface area (Å²) in [7, 11) is 1.51. The lowest BCUT2D eigenvalue weighted by Gasteiger charge is -2.02. The zero-order valence-electron chi connectivity index (χ0n) is 9.31. The fourth-order valence-corrected chi connectivity index (χ4v) is 2.87. The number of hydrogen-bond donors (Lipinski definition) is 1. The Hall–Kier alpha value is -0.420. The quantitative estimate of drug-likeness (QED) is 0.617. The average molecular weight is 394 g/mol. The molecule has 1 aromatic rings. The topological polar surface area (TPSA) is 51.2 Å². The monoisotopic (exact) mass is 394 g/mol. The van der Waals surface area contributed by atoms with E-state index >= 15 is 0 Å². The minimum Gasteiger partial charge on any atom is -0.385 e. The number of aromatic nitrogens is 1. The Kier molecular flexibility index (Phi) is 5.79. The second-order valence-corrected chi connectivity index (χ2v) is 6.09. The minimum absolute atomic E-state index is 0.00675. The van der Waals surface area contributed by atoms with Crippen LogP contribution in [-0.2, 0) is 15.7 Å². The normalized spacial score (nSPS) is 11.6. The third-order valence-corrected chi connectivity index (χ3v) is 3.78. The molecule has 4 nitrogen and oxygen atoms in total. The van der Waals surface area contributed by atoms with Crippen LogP contribution >= 0.6 is 33.9 Å². The third-order valence-electron chi connectivity index (χ3n) is 1.85. The Morgan fingerprint density at radius 1 is 1.56 bits per heavy atom. The van der Waals surface area contributed by atoms with Crippen molar-refractivity contribution in [2.75, 3.05) is 19.0 Å². The summed E-state index contributed by atoms with van der Waals surface area (Å²) in [5, 5.41) is 2.31. The molecule has 1 N–H and O–H groups in total. The van der Waals surface area contributed by atoms with Gasteiger partial charge in [0.25, 0.3) is 0 Å². The van der Waals surface area contributed by atoms with Gasteiger partial charge in [0.2, 0.25) is 5.91 Å². The molecule has 1 aromatic heterocycles. The van der Waals surface area contributed by atoms with Gasteiger partial charge in [0.05, 0.1) is 2.88 Å². The molecule has 9 heteroatoms. The highest BCUT2D eigenvalue weighted by Crippen LogP contribution is 2.36. The second kappa shape index (κ2) is 6.66. The summed E-state index contributed by atoms with van der Waals surface area (Å²) in [6.07, 6.45) is -3.80. The molecule has 0 radical (unpaired) electrons. The van der Waals surface area contributed by atoms with Crippen molar-refractivity contribution in [3.63, 3.8) is 0 Å². The van der Waals surface area contributed by atoms with Gasteiger partial charge in [-0.25, -0.2) is 4.98 Å². The molecule has 102 valence electrons. The van der Waals surface area contributed by atoms with Gasteiger partial charge in [-0.1, -0.05) is 11.3 Å². The van der Waals surface area contributed by atoms with Crippen LogP contribution in [0.3, 0.4) is 0 Å². The fourth-order valence-electron chi connectivity index (χ4n) is 1.09. The molecule has 0 atom stereocenters. The van der Waals surface area contributed by atoms with Crippen molar-refractivity contribution < 1.29 is 22.7 Å². The number of nitrogens with zero attached hydrogens (tertiary/aromatic N) is 1. The van der Waals surface area contributed by atoms with Crippen molar-refractivity contribution in [3.8, 4) is 0 Å². The summed E-state index contributed by atoms with van der Waals surface area (Å²) in [6, 6.07) is 0. The lowest BCUT2D eigenvalue weighted by Crippen LogP contribution is -2.13. The number of amides is 1. The van der Waals surface area contributed by atoms with Crippen LogP contribution in [0, 0.1) is 2.88 Å². The van der Waals surface area contributed by atoms with Crippen LogP contribution in [0.5, 0.6) is 0 Å². The number of halogens is 4. The summed E-state index contributed by atoms with van der Waals surface area (Å²) in [6.45, 7) is 0.427. The summed E-state index contributed by atoms with van der Waals surface area (Å²) < 4.78 is 42.1. The molecule has 0 aromatic carbocycles. The van der Waals surface area contributed by atoms with E-state index in [1.165, 1.54) is 7.11 Å². The first-order chi connectivity index (χ1) is 8.34. The third kappa shape index (κ3) is 4.69. The van der Waals surface area contributed by atoms with Crippen molar-refractivity contribution in [2.45, 2.75) is 19.0 Å². The van der Waals surface area contributed by atoms with Crippen LogP contribution in [0.15, 0.2) is 0 Å². The Labute approximate surface area is 119 Å². The van der Waals surface area contributed by atoms with Crippen molar-refractivity contribution in [2.24, 2.45) is 0 Å². The molecule has 0 aliphatic carbocycles. The van der Waals surface area contributed by atoms with Gasteiger partial charge in [-0.05, 0) is 29.0 Å². The molecule has 0 aliphatic rings. The Morgan fingerprint density at radius 3 is 2.72 bits per heavy atom. The van der Waals surface area contributed by atoms with E-state index in [2.05, 4.69) is 10.3 Å². The Morgan fingerprint density at radius 2 is 2.22 bits per heavy atom. The highest BCUT2D eigenvalue weighted by molar-refractivity contribution is 14.1. The number of ether oxygens (including phenoxy) is 1. The first-order valence-electron chi connectivity index (χ1n) is 4.87. The van der Waals surface area contributed by atoms with E-state index < -0.39 is 11.9 Å². The predicted octanol–water partition coefficient (Wildman–Crippen LogP) is 3.13. The number of methoxy groups -OCH3 is 1. The zero-order valence-corrected chi connectivity index (χ0v) is 12.3. The van der Waals surface area contributed by atoms with E-state index in [1.807, 2.05) is 0 Å². The molecule has 0 aliphatic heterocycles. The van der Waals surface area contributed by atoms with Crippen LogP contribution < -0.4 is 5.32 Å². The summed E-state index contributed by atoms with van der Waals surface area (Å²) in [5.41, 5.74) is -0.958. The SMILES string of the molecule is COCCCC(=O)Nc1nc(C(F)(F)F)c(I)s1. The maximum absolute atomic E-state index is 12.5. The maximum atomic E-state index is 12.5. The van der Waals surface area contributed by atoms with E-state index in [9.17, 15) is 18.0 Å². The second-order valence-electron chi connectivity index (χ2n) is 3.28. The van der Waals surface area contributed by atoms with Gasteiger partial charge in [-0.2, -0.15) is 13.2 Å². The van der Waals surface area contributed by atoms with Crippen molar-refractivity contribution in [3.05, 3.63) is 8.58 Å². The minimum atomic E-state index is -4.49. The summed E-state index contributed by atoms with van der Waals surface area (Å²) >= 11 is 2.35. The van der Waals surface area contributed by atoms with E-state index in [0.717, 1.165) is 11.3 Å². The maximum Gasteiger partial charge on any atom is 0.435 e. The van der Waals surface area contributed by atoms with Gasteiger partial charge >= 0.3 is 6.18 Å². The number of rotatable bonds is 5. The molecular formula is C9H10F3IN2O2S. The largest absolute Gasteiger partial charge is 0.435 e. The van der Waals surface area contributed by atoms with Gasteiger partial charge in [-0.3, -0.25) is 4.79 Å². The van der Waals surface area contributed by atoms with E-state index in [-0.39, 0.29) is 20.3 Å². The number of carbonyl (C=O) groups excluding carboxylic acids is 1. The number of hydrogen-bond acceptors (Lipinski definition) is 4. The zero-order chi connectivity index (χ0) is 13.8. The molecule has 1 heterocycles. The molecule has 0 fully saturated rings. The van der Waals surface area contributed by atoms with Gasteiger partial charge in [-0.15, -0.1) is 0 Å². The van der Waals surface area contributed by atoms with Crippen molar-refractivity contribution in [1.82, 2.24) is 4.98 Å². The molecule has 18 heavy (non-hydrogen) atoms. The van der Waals surface area contributed by atoms with Gasteiger partial charge in [0.15, 0.2) is 10.8 Å². The van der Waals surface area contributed by atoms with Crippen LogP contribution in [0.25, 0.3) is 0 Å². The van der Waals surface area contributed by atoms with Crippen LogP contribution in [0.2, 0.25) is 0 Å². The highest BCUT2D eigenvalue weighted by Gasteiger charge is 2.37. The molecule has 1 rings (SSSR count). The number of nitrogens with one attached hydrogen (secondary N) is 1. The van der Waals surface area contributed by atoms with Gasteiger partial charge in [0, 0.05) is 20.1 Å². The Balaban J connectivity index is 2.61. The molecular weight excluding hydrogens is 384 g/mol. The molecule has 0 bridgehead atoms. The highest BCUT2D eigenvalue weighted by atomic mass is 127. The molecule has 0 spiro atoms. The number of alkyl halides is 3. The summed E-state index contributed by atoms with van der Waals surface area (Å²) in [4.78, 5) is 14.7. The number of carbonyl (C=O) groups is 1. The predicted molar refractivity (Wildman–Crippen MR) is 69.6 cm³/mol. The molecule has 0 unspecified atom stereocenters. The smallest absolute Gasteiger partial charge is 0.385 e. The average Bonchev–Trinajstić information content (AvgIpc) is 2.59. The van der Waals surface area contributed by atoms with Gasteiger partial charge < -0.3 is 10.1 Å². The van der Waals surface area contributed by atoms with E-state index in [1.54, 1.807) is 22.6 Å². The van der Waals surface area contributed by atoms with E-state index in [4.69, 9.17) is 4.74 Å². The van der Waals surface area contributed by atoms with Crippen LogP contribution in [0.1, 0.15) is 18.5 Å².